The Hall–Kier alpha value is -2.44. The van der Waals surface area contributed by atoms with Crippen LogP contribution in [-0.2, 0) is 19.7 Å². The van der Waals surface area contributed by atoms with E-state index < -0.39 is 0 Å². The highest BCUT2D eigenvalue weighted by atomic mass is 16.5. The van der Waals surface area contributed by atoms with Gasteiger partial charge in [0, 0.05) is 49.4 Å². The van der Waals surface area contributed by atoms with Gasteiger partial charge < -0.3 is 19.7 Å². The number of benzene rings is 1. The van der Waals surface area contributed by atoms with E-state index in [2.05, 4.69) is 33.4 Å². The van der Waals surface area contributed by atoms with Crippen LogP contribution in [0.3, 0.4) is 0 Å². The van der Waals surface area contributed by atoms with Crippen molar-refractivity contribution >= 4 is 23.0 Å². The normalized spacial score (nSPS) is 17.7. The zero-order valence-corrected chi connectivity index (χ0v) is 15.6. The summed E-state index contributed by atoms with van der Waals surface area (Å²) in [7, 11) is 0. The molecule has 6 heteroatoms. The lowest BCUT2D eigenvalue weighted by Gasteiger charge is -2.34. The predicted octanol–water partition coefficient (Wildman–Crippen LogP) is 3.26. The molecule has 0 atom stereocenters. The van der Waals surface area contributed by atoms with E-state index in [0.29, 0.717) is 6.61 Å². The molecule has 1 fully saturated rings. The number of aromatic nitrogens is 1. The van der Waals surface area contributed by atoms with E-state index >= 15 is 0 Å². The molecule has 0 unspecified atom stereocenters. The van der Waals surface area contributed by atoms with E-state index in [1.807, 2.05) is 25.3 Å². The third-order valence-electron chi connectivity index (χ3n) is 5.45. The molecule has 142 valence electrons. The molecule has 1 spiro atoms. The Balaban J connectivity index is 1.67. The van der Waals surface area contributed by atoms with Crippen LogP contribution in [0.5, 0.6) is 0 Å². The number of fused-ring (bicyclic) bond motifs is 2. The molecule has 0 radical (unpaired) electrons. The summed E-state index contributed by atoms with van der Waals surface area (Å²) in [4.78, 5) is 18.7. The molecule has 2 aromatic rings. The first kappa shape index (κ1) is 17.9. The van der Waals surface area contributed by atoms with Crippen LogP contribution in [0.2, 0.25) is 0 Å². The monoisotopic (exact) mass is 367 g/mol. The molecule has 1 aromatic carbocycles. The van der Waals surface area contributed by atoms with Gasteiger partial charge in [-0.3, -0.25) is 9.78 Å². The van der Waals surface area contributed by atoms with Crippen molar-refractivity contribution in [2.75, 3.05) is 43.2 Å². The number of carbonyl (C=O) groups excluding carboxylic acids is 1. The van der Waals surface area contributed by atoms with Crippen LogP contribution >= 0.6 is 0 Å². The Labute approximate surface area is 159 Å². The topological polar surface area (TPSA) is 63.7 Å². The van der Waals surface area contributed by atoms with Crippen molar-refractivity contribution in [3.05, 3.63) is 48.3 Å². The highest BCUT2D eigenvalue weighted by molar-refractivity contribution is 5.92. The quantitative estimate of drug-likeness (QED) is 0.879. The minimum atomic E-state index is -0.125. The van der Waals surface area contributed by atoms with Gasteiger partial charge >= 0.3 is 0 Å². The van der Waals surface area contributed by atoms with Gasteiger partial charge in [0.25, 0.3) is 0 Å². The lowest BCUT2D eigenvalue weighted by Crippen LogP contribution is -2.37. The van der Waals surface area contributed by atoms with Gasteiger partial charge in [-0.2, -0.15) is 0 Å². The van der Waals surface area contributed by atoms with Crippen molar-refractivity contribution in [3.63, 3.8) is 0 Å². The molecule has 2 aliphatic heterocycles. The third-order valence-corrected chi connectivity index (χ3v) is 5.45. The summed E-state index contributed by atoms with van der Waals surface area (Å²) < 4.78 is 10.8. The number of rotatable bonds is 5. The van der Waals surface area contributed by atoms with Crippen LogP contribution in [0.25, 0.3) is 0 Å². The highest BCUT2D eigenvalue weighted by Gasteiger charge is 2.44. The fourth-order valence-corrected chi connectivity index (χ4v) is 4.07. The van der Waals surface area contributed by atoms with E-state index in [9.17, 15) is 4.79 Å². The van der Waals surface area contributed by atoms with Crippen molar-refractivity contribution in [2.45, 2.75) is 25.2 Å². The number of pyridine rings is 1. The molecule has 2 aliphatic rings. The van der Waals surface area contributed by atoms with Crippen molar-refractivity contribution in [2.24, 2.45) is 0 Å². The molecule has 3 heterocycles. The van der Waals surface area contributed by atoms with E-state index in [1.54, 1.807) is 6.20 Å². The van der Waals surface area contributed by atoms with Gasteiger partial charge in [0.2, 0.25) is 5.91 Å². The van der Waals surface area contributed by atoms with Gasteiger partial charge in [0.15, 0.2) is 0 Å². The van der Waals surface area contributed by atoms with Gasteiger partial charge in [-0.15, -0.1) is 0 Å². The van der Waals surface area contributed by atoms with E-state index in [0.717, 1.165) is 44.0 Å². The van der Waals surface area contributed by atoms with E-state index in [1.165, 1.54) is 11.3 Å². The fraction of sp³-hybridized carbons (Fsp3) is 0.429. The predicted molar refractivity (Wildman–Crippen MR) is 105 cm³/mol. The number of ether oxygens (including phenoxy) is 2. The number of hydrogen-bond donors (Lipinski definition) is 1. The molecule has 1 saturated heterocycles. The number of amides is 1. The summed E-state index contributed by atoms with van der Waals surface area (Å²) in [6.07, 6.45) is 5.65. The first-order valence-corrected chi connectivity index (χ1v) is 9.49. The molecular weight excluding hydrogens is 342 g/mol. The zero-order chi connectivity index (χ0) is 18.7. The smallest absolute Gasteiger partial charge is 0.250 e. The maximum Gasteiger partial charge on any atom is 0.250 e. The second-order valence-electron chi connectivity index (χ2n) is 7.11. The van der Waals surface area contributed by atoms with Crippen LogP contribution in [0, 0.1) is 0 Å². The van der Waals surface area contributed by atoms with Gasteiger partial charge in [0.05, 0.1) is 11.9 Å². The second-order valence-corrected chi connectivity index (χ2v) is 7.11. The van der Waals surface area contributed by atoms with E-state index in [4.69, 9.17) is 9.47 Å². The van der Waals surface area contributed by atoms with Crippen LogP contribution in [0.15, 0.2) is 42.7 Å². The lowest BCUT2D eigenvalue weighted by atomic mass is 9.76. The Morgan fingerprint density at radius 1 is 1.33 bits per heavy atom. The lowest BCUT2D eigenvalue weighted by molar-refractivity contribution is -0.120. The summed E-state index contributed by atoms with van der Waals surface area (Å²) in [5.74, 6) is -0.125. The van der Waals surface area contributed by atoms with Crippen molar-refractivity contribution < 1.29 is 14.3 Å². The molecule has 1 aromatic heterocycles. The van der Waals surface area contributed by atoms with Gasteiger partial charge in [-0.05, 0) is 55.7 Å². The van der Waals surface area contributed by atoms with Gasteiger partial charge in [-0.1, -0.05) is 0 Å². The Bertz CT molecular complexity index is 804. The summed E-state index contributed by atoms with van der Waals surface area (Å²) in [5.41, 5.74) is 4.42. The SMILES string of the molecule is CCOCC(=O)Nc1ccc2c(c1)C1(CCOCC1)CN2c1cccnc1. The average molecular weight is 367 g/mol. The minimum Gasteiger partial charge on any atom is -0.381 e. The molecule has 1 N–H and O–H groups in total. The molecule has 27 heavy (non-hydrogen) atoms. The second kappa shape index (κ2) is 7.66. The number of hydrogen-bond acceptors (Lipinski definition) is 5. The summed E-state index contributed by atoms with van der Waals surface area (Å²) in [5, 5.41) is 2.96. The van der Waals surface area contributed by atoms with Crippen molar-refractivity contribution in [1.29, 1.82) is 0 Å². The summed E-state index contributed by atoms with van der Waals surface area (Å²) >= 11 is 0. The number of nitrogens with one attached hydrogen (secondary N) is 1. The van der Waals surface area contributed by atoms with Crippen LogP contribution in [0.1, 0.15) is 25.3 Å². The molecule has 0 aliphatic carbocycles. The first-order chi connectivity index (χ1) is 13.2. The van der Waals surface area contributed by atoms with Crippen molar-refractivity contribution in [3.8, 4) is 0 Å². The average Bonchev–Trinajstić information content (AvgIpc) is 3.01. The standard InChI is InChI=1S/C21H25N3O3/c1-2-26-14-20(25)23-16-5-6-19-18(12-16)21(7-10-27-11-8-21)15-24(19)17-4-3-9-22-13-17/h3-6,9,12-13H,2,7-8,10-11,14-15H2,1H3,(H,23,25). The van der Waals surface area contributed by atoms with E-state index in [-0.39, 0.29) is 17.9 Å². The highest BCUT2D eigenvalue weighted by Crippen LogP contribution is 2.50. The first-order valence-electron chi connectivity index (χ1n) is 9.49. The summed E-state index contributed by atoms with van der Waals surface area (Å²) in [6, 6.07) is 10.2. The number of nitrogens with zero attached hydrogens (tertiary/aromatic N) is 2. The fourth-order valence-electron chi connectivity index (χ4n) is 4.07. The van der Waals surface area contributed by atoms with Gasteiger partial charge in [-0.25, -0.2) is 0 Å². The maximum atomic E-state index is 12.1. The van der Waals surface area contributed by atoms with Crippen molar-refractivity contribution in [1.82, 2.24) is 4.98 Å². The Kier molecular flexibility index (Phi) is 5.09. The minimum absolute atomic E-state index is 0.0457. The maximum absolute atomic E-state index is 12.1. The summed E-state index contributed by atoms with van der Waals surface area (Å²) in [6.45, 7) is 4.93. The van der Waals surface area contributed by atoms with Crippen LogP contribution < -0.4 is 10.2 Å². The third kappa shape index (κ3) is 3.55. The van der Waals surface area contributed by atoms with Crippen LogP contribution in [-0.4, -0.2) is 43.9 Å². The number of anilines is 3. The zero-order valence-electron chi connectivity index (χ0n) is 15.6. The molecule has 0 saturated carbocycles. The Morgan fingerprint density at radius 2 is 2.19 bits per heavy atom. The molecule has 1 amide bonds. The number of carbonyl (C=O) groups is 1. The molecule has 6 nitrogen and oxygen atoms in total. The van der Waals surface area contributed by atoms with Crippen LogP contribution in [0.4, 0.5) is 17.1 Å². The largest absolute Gasteiger partial charge is 0.381 e. The Morgan fingerprint density at radius 3 is 2.93 bits per heavy atom. The molecular formula is C21H25N3O3. The molecule has 0 bridgehead atoms. The van der Waals surface area contributed by atoms with Gasteiger partial charge in [0.1, 0.15) is 6.61 Å². The molecule has 4 rings (SSSR count).